The van der Waals surface area contributed by atoms with Crippen LogP contribution in [0, 0.1) is 16.7 Å². The van der Waals surface area contributed by atoms with Gasteiger partial charge in [-0.2, -0.15) is 0 Å². The summed E-state index contributed by atoms with van der Waals surface area (Å²) in [7, 11) is 0. The van der Waals surface area contributed by atoms with Crippen LogP contribution in [0.15, 0.2) is 11.6 Å². The first kappa shape index (κ1) is 22.3. The molecule has 0 spiro atoms. The number of carbonyl (C=O) groups is 1. The third-order valence-electron chi connectivity index (χ3n) is 7.01. The molecule has 6 heteroatoms. The zero-order valence-corrected chi connectivity index (χ0v) is 17.1. The van der Waals surface area contributed by atoms with Gasteiger partial charge in [-0.05, 0) is 36.3 Å². The molecule has 0 aromatic heterocycles. The number of ether oxygens (including phenoxy) is 1. The predicted molar refractivity (Wildman–Crippen MR) is 102 cm³/mol. The highest BCUT2D eigenvalue weighted by atomic mass is 16.5. The summed E-state index contributed by atoms with van der Waals surface area (Å²) in [5.41, 5.74) is -3.05. The normalized spacial score (nSPS) is 38.1. The van der Waals surface area contributed by atoms with E-state index in [-0.39, 0.29) is 17.0 Å². The van der Waals surface area contributed by atoms with Gasteiger partial charge in [-0.15, -0.1) is 0 Å². The van der Waals surface area contributed by atoms with Crippen LogP contribution in [0.5, 0.6) is 0 Å². The summed E-state index contributed by atoms with van der Waals surface area (Å²) in [5.74, 6) is -0.703. The number of fused-ring (bicyclic) bond motifs is 1. The highest BCUT2D eigenvalue weighted by molar-refractivity contribution is 5.69. The van der Waals surface area contributed by atoms with Crippen LogP contribution < -0.4 is 0 Å². The molecule has 2 rings (SSSR count). The number of aliphatic hydroxyl groups excluding tert-OH is 3. The minimum Gasteiger partial charge on any atom is -0.458 e. The van der Waals surface area contributed by atoms with Gasteiger partial charge in [0.25, 0.3) is 0 Å². The quantitative estimate of drug-likeness (QED) is 0.304. The van der Waals surface area contributed by atoms with Crippen molar-refractivity contribution < 1.29 is 30.0 Å². The van der Waals surface area contributed by atoms with E-state index in [0.29, 0.717) is 19.3 Å². The highest BCUT2D eigenvalue weighted by Crippen LogP contribution is 2.61. The largest absolute Gasteiger partial charge is 0.458 e. The Morgan fingerprint density at radius 3 is 2.48 bits per heavy atom. The van der Waals surface area contributed by atoms with Gasteiger partial charge in [0.1, 0.15) is 11.7 Å². The molecule has 0 radical (unpaired) electrons. The minimum atomic E-state index is -1.77. The van der Waals surface area contributed by atoms with E-state index in [1.54, 1.807) is 13.0 Å². The van der Waals surface area contributed by atoms with E-state index in [1.165, 1.54) is 0 Å². The van der Waals surface area contributed by atoms with Crippen LogP contribution in [-0.4, -0.2) is 57.4 Å². The SMILES string of the molecule is CCCCCC(=O)O[C@@H]1C=C(CO)[C@](O)(CO)[C@]2(C)[C@H](O)CCC(C)(C)[C@@H]12. The second-order valence-electron chi connectivity index (χ2n) is 9.08. The van der Waals surface area contributed by atoms with Gasteiger partial charge in [0.05, 0.1) is 19.3 Å². The highest BCUT2D eigenvalue weighted by Gasteiger charge is 2.66. The lowest BCUT2D eigenvalue weighted by atomic mass is 9.45. The van der Waals surface area contributed by atoms with E-state index in [4.69, 9.17) is 4.74 Å². The van der Waals surface area contributed by atoms with Crippen molar-refractivity contribution in [3.8, 4) is 0 Å². The fraction of sp³-hybridized carbons (Fsp3) is 0.857. The Morgan fingerprint density at radius 2 is 1.93 bits per heavy atom. The van der Waals surface area contributed by atoms with Crippen LogP contribution in [-0.2, 0) is 9.53 Å². The second-order valence-corrected chi connectivity index (χ2v) is 9.08. The molecule has 2 aliphatic rings. The lowest BCUT2D eigenvalue weighted by molar-refractivity contribution is -0.237. The molecule has 0 heterocycles. The van der Waals surface area contributed by atoms with Gasteiger partial charge in [0.15, 0.2) is 0 Å². The number of hydrogen-bond acceptors (Lipinski definition) is 6. The summed E-state index contributed by atoms with van der Waals surface area (Å²) in [6.45, 7) is 6.79. The van der Waals surface area contributed by atoms with E-state index in [2.05, 4.69) is 6.92 Å². The Hall–Kier alpha value is -0.950. The summed E-state index contributed by atoms with van der Waals surface area (Å²) in [4.78, 5) is 12.4. The molecule has 156 valence electrons. The molecule has 0 aromatic rings. The van der Waals surface area contributed by atoms with Crippen LogP contribution in [0.1, 0.15) is 66.2 Å². The molecule has 1 fully saturated rings. The molecule has 0 bridgehead atoms. The van der Waals surface area contributed by atoms with Crippen LogP contribution in [0.4, 0.5) is 0 Å². The van der Waals surface area contributed by atoms with Crippen LogP contribution in [0.25, 0.3) is 0 Å². The summed E-state index contributed by atoms with van der Waals surface area (Å²) >= 11 is 0. The van der Waals surface area contributed by atoms with Crippen molar-refractivity contribution in [2.24, 2.45) is 16.7 Å². The zero-order chi connectivity index (χ0) is 20.5. The Morgan fingerprint density at radius 1 is 1.26 bits per heavy atom. The van der Waals surface area contributed by atoms with Crippen molar-refractivity contribution in [1.29, 1.82) is 0 Å². The zero-order valence-electron chi connectivity index (χ0n) is 17.1. The lowest BCUT2D eigenvalue weighted by Crippen LogP contribution is -2.70. The molecular weight excluding hydrogens is 348 g/mol. The fourth-order valence-electron chi connectivity index (χ4n) is 5.37. The fourth-order valence-corrected chi connectivity index (χ4v) is 5.37. The first-order valence-electron chi connectivity index (χ1n) is 10.1. The molecule has 0 aliphatic heterocycles. The first-order chi connectivity index (χ1) is 12.6. The number of esters is 1. The van der Waals surface area contributed by atoms with Crippen molar-refractivity contribution in [3.05, 3.63) is 11.6 Å². The molecule has 2 aliphatic carbocycles. The van der Waals surface area contributed by atoms with E-state index in [9.17, 15) is 25.2 Å². The molecule has 0 unspecified atom stereocenters. The number of aliphatic hydroxyl groups is 4. The van der Waals surface area contributed by atoms with Gasteiger partial charge in [-0.3, -0.25) is 4.79 Å². The molecular formula is C21H36O6. The second kappa shape index (κ2) is 8.19. The number of rotatable bonds is 7. The maximum absolute atomic E-state index is 12.4. The van der Waals surface area contributed by atoms with Crippen LogP contribution >= 0.6 is 0 Å². The molecule has 6 nitrogen and oxygen atoms in total. The summed E-state index contributed by atoms with van der Waals surface area (Å²) in [5, 5.41) is 42.1. The Labute approximate surface area is 162 Å². The van der Waals surface area contributed by atoms with Crippen LogP contribution in [0.3, 0.4) is 0 Å². The van der Waals surface area contributed by atoms with Crippen LogP contribution in [0.2, 0.25) is 0 Å². The third kappa shape index (κ3) is 3.69. The molecule has 5 atom stereocenters. The average Bonchev–Trinajstić information content (AvgIpc) is 2.61. The van der Waals surface area contributed by atoms with Crippen molar-refractivity contribution in [2.45, 2.75) is 84.0 Å². The van der Waals surface area contributed by atoms with Gasteiger partial charge in [-0.1, -0.05) is 40.5 Å². The lowest BCUT2D eigenvalue weighted by Gasteiger charge is -2.63. The molecule has 0 aromatic carbocycles. The van der Waals surface area contributed by atoms with Gasteiger partial charge >= 0.3 is 5.97 Å². The smallest absolute Gasteiger partial charge is 0.306 e. The first-order valence-corrected chi connectivity index (χ1v) is 10.1. The molecule has 0 saturated heterocycles. The summed E-state index contributed by atoms with van der Waals surface area (Å²) in [6, 6.07) is 0. The molecule has 4 N–H and O–H groups in total. The van der Waals surface area contributed by atoms with Gasteiger partial charge in [0.2, 0.25) is 0 Å². The summed E-state index contributed by atoms with van der Waals surface area (Å²) in [6.07, 6.45) is 4.26. The van der Waals surface area contributed by atoms with Gasteiger partial charge in [0, 0.05) is 17.8 Å². The van der Waals surface area contributed by atoms with Crippen molar-refractivity contribution >= 4 is 5.97 Å². The molecule has 27 heavy (non-hydrogen) atoms. The number of carbonyl (C=O) groups excluding carboxylic acids is 1. The minimum absolute atomic E-state index is 0.201. The average molecular weight is 385 g/mol. The van der Waals surface area contributed by atoms with E-state index >= 15 is 0 Å². The van der Waals surface area contributed by atoms with E-state index in [0.717, 1.165) is 19.3 Å². The van der Waals surface area contributed by atoms with Crippen molar-refractivity contribution in [1.82, 2.24) is 0 Å². The maximum Gasteiger partial charge on any atom is 0.306 e. The number of unbranched alkanes of at least 4 members (excludes halogenated alkanes) is 2. The topological polar surface area (TPSA) is 107 Å². The third-order valence-corrected chi connectivity index (χ3v) is 7.01. The summed E-state index contributed by atoms with van der Waals surface area (Å²) < 4.78 is 5.80. The molecule has 0 amide bonds. The standard InChI is InChI=1S/C21H36O6/c1-5-6-7-8-17(25)27-15-11-14(12-22)21(26,13-23)20(4)16(24)9-10-19(2,3)18(15)20/h11,15-16,18,22-24,26H,5-10,12-13H2,1-4H3/t15-,16-,18-,20-,21-/m1/s1. The van der Waals surface area contributed by atoms with E-state index < -0.39 is 42.4 Å². The Balaban J connectivity index is 2.46. The number of hydrogen-bond donors (Lipinski definition) is 4. The van der Waals surface area contributed by atoms with Crippen molar-refractivity contribution in [3.63, 3.8) is 0 Å². The Kier molecular flexibility index (Phi) is 6.78. The Bertz CT molecular complexity index is 571. The van der Waals surface area contributed by atoms with Crippen molar-refractivity contribution in [2.75, 3.05) is 13.2 Å². The predicted octanol–water partition coefficient (Wildman–Crippen LogP) is 1.94. The molecule has 1 saturated carbocycles. The van der Waals surface area contributed by atoms with Gasteiger partial charge < -0.3 is 25.2 Å². The maximum atomic E-state index is 12.4. The van der Waals surface area contributed by atoms with Gasteiger partial charge in [-0.25, -0.2) is 0 Å². The van der Waals surface area contributed by atoms with E-state index in [1.807, 2.05) is 13.8 Å². The monoisotopic (exact) mass is 384 g/mol.